The zero-order valence-corrected chi connectivity index (χ0v) is 28.4. The Bertz CT molecular complexity index is 2570. The highest BCUT2D eigenvalue weighted by molar-refractivity contribution is 6.19. The van der Waals surface area contributed by atoms with Crippen LogP contribution in [-0.4, -0.2) is 0 Å². The summed E-state index contributed by atoms with van der Waals surface area (Å²) in [6.07, 6.45) is 0. The predicted molar refractivity (Wildman–Crippen MR) is 209 cm³/mol. The molecule has 8 aromatic carbocycles. The van der Waals surface area contributed by atoms with Crippen LogP contribution in [0.1, 0.15) is 49.9 Å². The van der Waals surface area contributed by atoms with Crippen LogP contribution in [0, 0.1) is 0 Å². The summed E-state index contributed by atoms with van der Waals surface area (Å²) in [7, 11) is 0. The molecule has 0 amide bonds. The second-order valence-electron chi connectivity index (χ2n) is 15.0. The van der Waals surface area contributed by atoms with Gasteiger partial charge in [-0.25, -0.2) is 0 Å². The summed E-state index contributed by atoms with van der Waals surface area (Å²) >= 11 is 0. The molecule has 0 bridgehead atoms. The van der Waals surface area contributed by atoms with Gasteiger partial charge in [0.2, 0.25) is 0 Å². The molecule has 0 aliphatic heterocycles. The molecule has 1 heteroatoms. The van der Waals surface area contributed by atoms with Crippen molar-refractivity contribution in [3.05, 3.63) is 174 Å². The van der Waals surface area contributed by atoms with E-state index in [0.717, 1.165) is 0 Å². The van der Waals surface area contributed by atoms with Crippen LogP contribution in [0.3, 0.4) is 0 Å². The fraction of sp³-hybridized carbons (Fsp3) is 0.125. The monoisotopic (exact) mass is 627 g/mol. The van der Waals surface area contributed by atoms with E-state index in [9.17, 15) is 0 Å². The van der Waals surface area contributed by atoms with Gasteiger partial charge in [0.05, 0.1) is 5.69 Å². The van der Waals surface area contributed by atoms with E-state index in [0.29, 0.717) is 0 Å². The zero-order chi connectivity index (χ0) is 33.1. The van der Waals surface area contributed by atoms with Gasteiger partial charge in [-0.05, 0) is 102 Å². The number of fused-ring (bicyclic) bond motifs is 11. The van der Waals surface area contributed by atoms with Crippen molar-refractivity contribution in [3.8, 4) is 22.3 Å². The van der Waals surface area contributed by atoms with Crippen LogP contribution in [0.15, 0.2) is 152 Å². The molecule has 1 nitrogen and oxygen atoms in total. The first-order chi connectivity index (χ1) is 23.8. The SMILES string of the molecule is CC1(C)c2ccccc2-c2cc(N(c3ccc4c(c3)-c3ccccc3C4(C)C)c3cccc4c3ccc3c5ccccc5ccc43)ccc21. The summed E-state index contributed by atoms with van der Waals surface area (Å²) < 4.78 is 0. The molecule has 49 heavy (non-hydrogen) atoms. The lowest BCUT2D eigenvalue weighted by molar-refractivity contribution is 0.660. The largest absolute Gasteiger partial charge is 0.310 e. The molecule has 0 aromatic heterocycles. The van der Waals surface area contributed by atoms with E-state index >= 15 is 0 Å². The van der Waals surface area contributed by atoms with Crippen molar-refractivity contribution in [3.63, 3.8) is 0 Å². The number of hydrogen-bond acceptors (Lipinski definition) is 1. The highest BCUT2D eigenvalue weighted by Crippen LogP contribution is 2.53. The third kappa shape index (κ3) is 3.88. The van der Waals surface area contributed by atoms with Crippen LogP contribution >= 0.6 is 0 Å². The van der Waals surface area contributed by atoms with Gasteiger partial charge < -0.3 is 4.90 Å². The van der Waals surface area contributed by atoms with Gasteiger partial charge in [0.25, 0.3) is 0 Å². The second kappa shape index (κ2) is 9.94. The van der Waals surface area contributed by atoms with Gasteiger partial charge in [0, 0.05) is 27.6 Å². The fourth-order valence-corrected chi connectivity index (χ4v) is 9.16. The molecule has 234 valence electrons. The molecule has 2 aliphatic carbocycles. The predicted octanol–water partition coefficient (Wildman–Crippen LogP) is 13.2. The van der Waals surface area contributed by atoms with Crippen LogP contribution in [0.2, 0.25) is 0 Å². The van der Waals surface area contributed by atoms with Gasteiger partial charge in [0.15, 0.2) is 0 Å². The minimum Gasteiger partial charge on any atom is -0.310 e. The molecule has 0 unspecified atom stereocenters. The molecular formula is C48H37N. The van der Waals surface area contributed by atoms with Crippen molar-refractivity contribution in [2.45, 2.75) is 38.5 Å². The molecule has 2 aliphatic rings. The molecule has 0 atom stereocenters. The van der Waals surface area contributed by atoms with E-state index in [2.05, 4.69) is 184 Å². The third-order valence-electron chi connectivity index (χ3n) is 11.7. The number of nitrogens with zero attached hydrogens (tertiary/aromatic N) is 1. The zero-order valence-electron chi connectivity index (χ0n) is 28.4. The second-order valence-corrected chi connectivity index (χ2v) is 15.0. The number of benzene rings is 8. The lowest BCUT2D eigenvalue weighted by Gasteiger charge is -2.29. The van der Waals surface area contributed by atoms with E-state index in [4.69, 9.17) is 0 Å². The van der Waals surface area contributed by atoms with Crippen LogP contribution in [0.25, 0.3) is 54.6 Å². The molecule has 0 saturated heterocycles. The molecule has 8 aromatic rings. The molecule has 0 N–H and O–H groups in total. The van der Waals surface area contributed by atoms with Crippen molar-refractivity contribution in [2.75, 3.05) is 4.90 Å². The summed E-state index contributed by atoms with van der Waals surface area (Å²) in [5, 5.41) is 7.66. The average Bonchev–Trinajstić information content (AvgIpc) is 3.50. The Labute approximate surface area is 288 Å². The minimum atomic E-state index is -0.0424. The Morgan fingerprint density at radius 1 is 0.347 bits per heavy atom. The Hall–Kier alpha value is -5.66. The molecular weight excluding hydrogens is 591 g/mol. The van der Waals surface area contributed by atoms with E-state index in [1.54, 1.807) is 0 Å². The highest BCUT2D eigenvalue weighted by Gasteiger charge is 2.37. The first-order valence-corrected chi connectivity index (χ1v) is 17.4. The number of anilines is 3. The summed E-state index contributed by atoms with van der Waals surface area (Å²) in [4.78, 5) is 2.50. The van der Waals surface area contributed by atoms with Crippen LogP contribution in [0.5, 0.6) is 0 Å². The summed E-state index contributed by atoms with van der Waals surface area (Å²) in [5.41, 5.74) is 14.3. The lowest BCUT2D eigenvalue weighted by Crippen LogP contribution is -2.16. The smallest absolute Gasteiger partial charge is 0.0540 e. The molecule has 0 heterocycles. The standard InChI is InChI=1S/C48H37N/c1-47(2)42-17-9-7-14-37(42)40-28-31(21-26-44(40)47)49(32-22-27-45-41(29-32)38-15-8-10-18-43(38)48(45,3)4)46-19-11-16-34-36-23-20-30-12-5-6-13-33(30)35(36)24-25-39(34)46/h5-29H,1-4H3. The van der Waals surface area contributed by atoms with Crippen LogP contribution < -0.4 is 4.90 Å². The summed E-state index contributed by atoms with van der Waals surface area (Å²) in [5.74, 6) is 0. The molecule has 0 fully saturated rings. The Kier molecular flexibility index (Phi) is 5.75. The number of hydrogen-bond donors (Lipinski definition) is 0. The maximum Gasteiger partial charge on any atom is 0.0540 e. The molecule has 0 radical (unpaired) electrons. The van der Waals surface area contributed by atoms with Crippen molar-refractivity contribution in [1.29, 1.82) is 0 Å². The van der Waals surface area contributed by atoms with E-state index in [-0.39, 0.29) is 10.8 Å². The Morgan fingerprint density at radius 3 is 1.47 bits per heavy atom. The third-order valence-corrected chi connectivity index (χ3v) is 11.7. The molecule has 10 rings (SSSR count). The van der Waals surface area contributed by atoms with E-state index < -0.39 is 0 Å². The Balaban J connectivity index is 1.25. The van der Waals surface area contributed by atoms with Crippen LogP contribution in [0.4, 0.5) is 17.1 Å². The summed E-state index contributed by atoms with van der Waals surface area (Å²) in [6.45, 7) is 9.42. The van der Waals surface area contributed by atoms with Gasteiger partial charge in [-0.1, -0.05) is 149 Å². The van der Waals surface area contributed by atoms with Crippen molar-refractivity contribution < 1.29 is 0 Å². The number of rotatable bonds is 3. The highest BCUT2D eigenvalue weighted by atomic mass is 15.1. The maximum absolute atomic E-state index is 2.50. The van der Waals surface area contributed by atoms with Crippen molar-refractivity contribution in [1.82, 2.24) is 0 Å². The molecule has 0 saturated carbocycles. The van der Waals surface area contributed by atoms with E-state index in [1.165, 1.54) is 93.9 Å². The fourth-order valence-electron chi connectivity index (χ4n) is 9.16. The molecule has 0 spiro atoms. The van der Waals surface area contributed by atoms with Gasteiger partial charge in [-0.2, -0.15) is 0 Å². The lowest BCUT2D eigenvalue weighted by atomic mass is 9.82. The maximum atomic E-state index is 2.50. The van der Waals surface area contributed by atoms with Gasteiger partial charge in [-0.15, -0.1) is 0 Å². The van der Waals surface area contributed by atoms with Gasteiger partial charge in [0.1, 0.15) is 0 Å². The first kappa shape index (κ1) is 28.4. The van der Waals surface area contributed by atoms with Crippen LogP contribution in [-0.2, 0) is 10.8 Å². The minimum absolute atomic E-state index is 0.0424. The average molecular weight is 628 g/mol. The summed E-state index contributed by atoms with van der Waals surface area (Å²) in [6, 6.07) is 56.9. The normalized spacial score (nSPS) is 14.9. The Morgan fingerprint density at radius 2 is 0.816 bits per heavy atom. The van der Waals surface area contributed by atoms with Gasteiger partial charge >= 0.3 is 0 Å². The topological polar surface area (TPSA) is 3.24 Å². The van der Waals surface area contributed by atoms with E-state index in [1.807, 2.05) is 0 Å². The van der Waals surface area contributed by atoms with Crippen molar-refractivity contribution in [2.24, 2.45) is 0 Å². The quantitative estimate of drug-likeness (QED) is 0.176. The van der Waals surface area contributed by atoms with Crippen molar-refractivity contribution >= 4 is 49.4 Å². The first-order valence-electron chi connectivity index (χ1n) is 17.4. The van der Waals surface area contributed by atoms with Gasteiger partial charge in [-0.3, -0.25) is 0 Å².